The summed E-state index contributed by atoms with van der Waals surface area (Å²) in [6, 6.07) is 70.3. The van der Waals surface area contributed by atoms with Crippen LogP contribution in [0, 0.1) is 0 Å². The second kappa shape index (κ2) is 12.7. The van der Waals surface area contributed by atoms with Crippen molar-refractivity contribution in [1.29, 1.82) is 0 Å². The van der Waals surface area contributed by atoms with E-state index in [0.717, 1.165) is 34.4 Å². The van der Waals surface area contributed by atoms with Gasteiger partial charge in [0.1, 0.15) is 12.5 Å². The van der Waals surface area contributed by atoms with Crippen molar-refractivity contribution in [1.82, 2.24) is 9.55 Å². The van der Waals surface area contributed by atoms with Gasteiger partial charge in [0.05, 0.1) is 27.9 Å². The molecule has 12 rings (SSSR count). The smallest absolute Gasteiger partial charge is 0.146 e. The first-order chi connectivity index (χ1) is 28.3. The van der Waals surface area contributed by atoms with Crippen LogP contribution in [0.3, 0.4) is 0 Å². The number of aromatic nitrogens is 2. The minimum atomic E-state index is 0.751. The van der Waals surface area contributed by atoms with Crippen molar-refractivity contribution in [3.63, 3.8) is 0 Å². The van der Waals surface area contributed by atoms with Crippen molar-refractivity contribution >= 4 is 99.5 Å². The number of para-hydroxylation sites is 4. The molecule has 1 aliphatic rings. The van der Waals surface area contributed by atoms with Crippen LogP contribution in [0.15, 0.2) is 204 Å². The Balaban J connectivity index is 1.01. The highest BCUT2D eigenvalue weighted by Gasteiger charge is 2.28. The van der Waals surface area contributed by atoms with Gasteiger partial charge in [0.25, 0.3) is 0 Å². The zero-order valence-electron chi connectivity index (χ0n) is 30.9. The molecule has 0 unspecified atom stereocenters. The number of pyridine rings is 1. The normalized spacial score (nSPS) is 12.8. The molecule has 9 aromatic carbocycles. The Morgan fingerprint density at radius 2 is 1.00 bits per heavy atom. The summed E-state index contributed by atoms with van der Waals surface area (Å²) in [5.74, 6) is 0.949. The van der Waals surface area contributed by atoms with Crippen LogP contribution in [0.25, 0.3) is 70.8 Å². The predicted octanol–water partition coefficient (Wildman–Crippen LogP) is 14.2. The van der Waals surface area contributed by atoms with Gasteiger partial charge in [-0.15, -0.1) is 0 Å². The molecule has 0 amide bonds. The van der Waals surface area contributed by atoms with Crippen molar-refractivity contribution in [2.75, 3.05) is 16.5 Å². The second-order valence-electron chi connectivity index (χ2n) is 14.8. The molecule has 0 spiro atoms. The maximum absolute atomic E-state index is 5.57. The number of benzene rings is 9. The Kier molecular flexibility index (Phi) is 7.19. The van der Waals surface area contributed by atoms with Gasteiger partial charge in [0.2, 0.25) is 0 Å². The lowest BCUT2D eigenvalue weighted by Gasteiger charge is -2.22. The monoisotopic (exact) mass is 746 g/mol. The first-order valence-corrected chi connectivity index (χ1v) is 20.2. The highest BCUT2D eigenvalue weighted by molar-refractivity contribution is 7.99. The number of fused-ring (bicyclic) bond motifs is 11. The largest absolute Gasteiger partial charge is 0.321 e. The third-order valence-electron chi connectivity index (χ3n) is 11.6. The summed E-state index contributed by atoms with van der Waals surface area (Å²) in [5.41, 5.74) is 8.09. The fourth-order valence-electron chi connectivity index (χ4n) is 9.04. The van der Waals surface area contributed by atoms with E-state index >= 15 is 0 Å². The third-order valence-corrected chi connectivity index (χ3v) is 12.6. The van der Waals surface area contributed by atoms with Gasteiger partial charge in [0, 0.05) is 48.1 Å². The van der Waals surface area contributed by atoms with Gasteiger partial charge < -0.3 is 9.80 Å². The van der Waals surface area contributed by atoms with E-state index in [1.807, 2.05) is 0 Å². The highest BCUT2D eigenvalue weighted by atomic mass is 32.2. The molecule has 0 saturated carbocycles. The zero-order valence-corrected chi connectivity index (χ0v) is 31.7. The van der Waals surface area contributed by atoms with Crippen molar-refractivity contribution in [3.05, 3.63) is 194 Å². The van der Waals surface area contributed by atoms with Gasteiger partial charge >= 0.3 is 0 Å². The molecule has 0 N–H and O–H groups in total. The molecule has 0 bridgehead atoms. The number of hydrogen-bond acceptors (Lipinski definition) is 4. The van der Waals surface area contributed by atoms with E-state index in [0.29, 0.717) is 0 Å². The zero-order chi connectivity index (χ0) is 37.5. The van der Waals surface area contributed by atoms with Crippen molar-refractivity contribution < 1.29 is 0 Å². The molecule has 0 aliphatic carbocycles. The van der Waals surface area contributed by atoms with Crippen molar-refractivity contribution in [3.8, 4) is 5.82 Å². The Hall–Kier alpha value is -7.08. The fraction of sp³-hybridized carbons (Fsp3) is 0.0192. The lowest BCUT2D eigenvalue weighted by atomic mass is 9.95. The van der Waals surface area contributed by atoms with E-state index in [4.69, 9.17) is 4.98 Å². The number of nitrogens with zero attached hydrogens (tertiary/aromatic N) is 4. The Labute approximate surface area is 333 Å². The Morgan fingerprint density at radius 3 is 1.81 bits per heavy atom. The molecule has 3 heterocycles. The van der Waals surface area contributed by atoms with Crippen LogP contribution in [-0.4, -0.2) is 16.2 Å². The van der Waals surface area contributed by atoms with Crippen molar-refractivity contribution in [2.24, 2.45) is 0 Å². The van der Waals surface area contributed by atoms with Crippen LogP contribution in [0.4, 0.5) is 22.7 Å². The Bertz CT molecular complexity index is 3390. The lowest BCUT2D eigenvalue weighted by molar-refractivity contribution is 0.988. The summed E-state index contributed by atoms with van der Waals surface area (Å²) < 4.78 is 2.40. The predicted molar refractivity (Wildman–Crippen MR) is 241 cm³/mol. The van der Waals surface area contributed by atoms with E-state index in [-0.39, 0.29) is 0 Å². The van der Waals surface area contributed by atoms with Gasteiger partial charge in [0.15, 0.2) is 0 Å². The number of hydrogen-bond donors (Lipinski definition) is 0. The van der Waals surface area contributed by atoms with E-state index < -0.39 is 0 Å². The first kappa shape index (κ1) is 32.2. The summed E-state index contributed by atoms with van der Waals surface area (Å²) in [4.78, 5) is 12.7. The molecular formula is C52H34N4S. The molecule has 0 fully saturated rings. The highest BCUT2D eigenvalue weighted by Crippen LogP contribution is 2.46. The molecule has 4 nitrogen and oxygen atoms in total. The van der Waals surface area contributed by atoms with Gasteiger partial charge in [-0.3, -0.25) is 4.57 Å². The maximum atomic E-state index is 5.57. The standard InChI is InChI=1S/C52H34N4S/c1-2-15-36(16-3-1)54-33-55(48-24-11-10-23-47(48)54)37-17-12-18-38(31-37)57-39-27-29-43-42-21-8-9-22-46(42)56(49(43)32-39)52-44-28-25-34-13-4-6-19-40(34)50(44)51-41-20-7-5-14-35(41)26-30-45(51)53-52/h1-32H,33H2. The van der Waals surface area contributed by atoms with Crippen LogP contribution in [-0.2, 0) is 0 Å². The second-order valence-corrected chi connectivity index (χ2v) is 15.9. The van der Waals surface area contributed by atoms with Gasteiger partial charge in [-0.05, 0) is 94.3 Å². The van der Waals surface area contributed by atoms with Crippen LogP contribution in [0.2, 0.25) is 0 Å². The first-order valence-electron chi connectivity index (χ1n) is 19.4. The average Bonchev–Trinajstić information content (AvgIpc) is 3.82. The lowest BCUT2D eigenvalue weighted by Crippen LogP contribution is -2.23. The topological polar surface area (TPSA) is 24.3 Å². The summed E-state index contributed by atoms with van der Waals surface area (Å²) in [7, 11) is 0. The molecular weight excluding hydrogens is 713 g/mol. The van der Waals surface area contributed by atoms with E-state index in [2.05, 4.69) is 208 Å². The molecule has 11 aromatic rings. The van der Waals surface area contributed by atoms with Crippen LogP contribution in [0.1, 0.15) is 0 Å². The molecule has 0 radical (unpaired) electrons. The Morgan fingerprint density at radius 1 is 0.404 bits per heavy atom. The fourth-order valence-corrected chi connectivity index (χ4v) is 9.95. The maximum Gasteiger partial charge on any atom is 0.146 e. The van der Waals surface area contributed by atoms with Crippen LogP contribution < -0.4 is 9.80 Å². The minimum Gasteiger partial charge on any atom is -0.321 e. The van der Waals surface area contributed by atoms with Crippen LogP contribution in [0.5, 0.6) is 0 Å². The minimum absolute atomic E-state index is 0.751. The van der Waals surface area contributed by atoms with E-state index in [9.17, 15) is 0 Å². The molecule has 0 atom stereocenters. The van der Waals surface area contributed by atoms with Gasteiger partial charge in [-0.25, -0.2) is 4.98 Å². The summed E-state index contributed by atoms with van der Waals surface area (Å²) in [5, 5.41) is 10.9. The quantitative estimate of drug-likeness (QED) is 0.164. The molecule has 0 saturated heterocycles. The van der Waals surface area contributed by atoms with Gasteiger partial charge in [-0.1, -0.05) is 133 Å². The SMILES string of the molecule is c1ccc(N2CN(c3cccc(Sc4ccc5c6ccccc6n(-c6nc7ccc8ccccc8c7c7c6ccc6ccccc67)c5c4)c3)c3ccccc32)cc1. The van der Waals surface area contributed by atoms with E-state index in [1.54, 1.807) is 11.8 Å². The van der Waals surface area contributed by atoms with E-state index in [1.165, 1.54) is 75.6 Å². The number of rotatable bonds is 5. The molecule has 268 valence electrons. The summed E-state index contributed by atoms with van der Waals surface area (Å²) in [6.45, 7) is 0.751. The van der Waals surface area contributed by atoms with Crippen LogP contribution >= 0.6 is 11.8 Å². The average molecular weight is 747 g/mol. The number of anilines is 4. The summed E-state index contributed by atoms with van der Waals surface area (Å²) in [6.07, 6.45) is 0. The molecule has 5 heteroatoms. The summed E-state index contributed by atoms with van der Waals surface area (Å²) >= 11 is 1.80. The van der Waals surface area contributed by atoms with Crippen molar-refractivity contribution in [2.45, 2.75) is 9.79 Å². The third kappa shape index (κ3) is 5.06. The van der Waals surface area contributed by atoms with Gasteiger partial charge in [-0.2, -0.15) is 0 Å². The molecule has 1 aliphatic heterocycles. The molecule has 57 heavy (non-hydrogen) atoms. The molecule has 2 aromatic heterocycles.